The van der Waals surface area contributed by atoms with Crippen LogP contribution in [0.25, 0.3) is 0 Å². The molecule has 2 heterocycles. The Hall–Kier alpha value is -3.34. The summed E-state index contributed by atoms with van der Waals surface area (Å²) in [7, 11) is 0. The van der Waals surface area contributed by atoms with E-state index in [4.69, 9.17) is 9.47 Å². The number of benzene rings is 2. The fourth-order valence-electron chi connectivity index (χ4n) is 3.37. The summed E-state index contributed by atoms with van der Waals surface area (Å²) in [6.45, 7) is 3.29. The van der Waals surface area contributed by atoms with Gasteiger partial charge in [0.15, 0.2) is 11.5 Å². The molecule has 0 bridgehead atoms. The number of amides is 1. The Morgan fingerprint density at radius 3 is 2.41 bits per heavy atom. The zero-order valence-corrected chi connectivity index (χ0v) is 16.5. The molecule has 0 saturated heterocycles. The second kappa shape index (κ2) is 8.78. The average Bonchev–Trinajstić information content (AvgIpc) is 2.79. The zero-order chi connectivity index (χ0) is 20.1. The van der Waals surface area contributed by atoms with Crippen molar-refractivity contribution < 1.29 is 14.3 Å². The van der Waals surface area contributed by atoms with Crippen LogP contribution < -0.4 is 9.47 Å². The molecule has 1 aromatic heterocycles. The molecule has 5 nitrogen and oxygen atoms in total. The summed E-state index contributed by atoms with van der Waals surface area (Å²) in [6.07, 6.45) is 3.84. The summed E-state index contributed by atoms with van der Waals surface area (Å²) in [4.78, 5) is 19.3. The van der Waals surface area contributed by atoms with Crippen LogP contribution in [0.3, 0.4) is 0 Å². The van der Waals surface area contributed by atoms with Crippen LogP contribution in [0.5, 0.6) is 11.5 Å². The molecule has 0 spiro atoms. The van der Waals surface area contributed by atoms with Gasteiger partial charge >= 0.3 is 0 Å². The maximum Gasteiger partial charge on any atom is 0.267 e. The molecule has 0 N–H and O–H groups in total. The van der Waals surface area contributed by atoms with Gasteiger partial charge in [0.05, 0.1) is 0 Å². The van der Waals surface area contributed by atoms with Gasteiger partial charge in [0.1, 0.15) is 6.61 Å². The summed E-state index contributed by atoms with van der Waals surface area (Å²) in [5.74, 6) is 1.18. The lowest BCUT2D eigenvalue weighted by Gasteiger charge is -2.31. The van der Waals surface area contributed by atoms with E-state index in [-0.39, 0.29) is 12.5 Å². The number of rotatable bonds is 6. The van der Waals surface area contributed by atoms with E-state index in [0.29, 0.717) is 24.6 Å². The Morgan fingerprint density at radius 2 is 1.69 bits per heavy atom. The van der Waals surface area contributed by atoms with Crippen LogP contribution in [-0.2, 0) is 24.3 Å². The third kappa shape index (κ3) is 4.57. The van der Waals surface area contributed by atoms with Gasteiger partial charge in [-0.05, 0) is 41.3 Å². The van der Waals surface area contributed by atoms with Gasteiger partial charge < -0.3 is 14.4 Å². The first-order valence-electron chi connectivity index (χ1n) is 9.87. The lowest BCUT2D eigenvalue weighted by Crippen LogP contribution is -2.45. The topological polar surface area (TPSA) is 51.7 Å². The molecule has 1 aliphatic heterocycles. The van der Waals surface area contributed by atoms with Crippen molar-refractivity contribution in [2.45, 2.75) is 32.5 Å². The lowest BCUT2D eigenvalue weighted by atomic mass is 10.1. The number of carbonyl (C=O) groups is 1. The van der Waals surface area contributed by atoms with Gasteiger partial charge in [-0.15, -0.1) is 0 Å². The number of fused-ring (bicyclic) bond motifs is 1. The molecule has 1 unspecified atom stereocenters. The van der Waals surface area contributed by atoms with Crippen molar-refractivity contribution in [2.24, 2.45) is 0 Å². The first kappa shape index (κ1) is 19.0. The molecule has 0 aliphatic carbocycles. The van der Waals surface area contributed by atoms with Crippen LogP contribution in [0, 0.1) is 0 Å². The van der Waals surface area contributed by atoms with E-state index in [1.807, 2.05) is 36.4 Å². The smallest absolute Gasteiger partial charge is 0.267 e. The first-order valence-corrected chi connectivity index (χ1v) is 9.87. The van der Waals surface area contributed by atoms with Crippen LogP contribution in [0.1, 0.15) is 23.6 Å². The summed E-state index contributed by atoms with van der Waals surface area (Å²) < 4.78 is 11.7. The van der Waals surface area contributed by atoms with E-state index in [1.165, 1.54) is 5.56 Å². The normalized spacial score (nSPS) is 15.0. The van der Waals surface area contributed by atoms with Crippen molar-refractivity contribution in [1.82, 2.24) is 9.88 Å². The van der Waals surface area contributed by atoms with Crippen LogP contribution in [0.2, 0.25) is 0 Å². The number of carbonyl (C=O) groups excluding carboxylic acids is 1. The van der Waals surface area contributed by atoms with E-state index in [2.05, 4.69) is 36.2 Å². The predicted molar refractivity (Wildman–Crippen MR) is 111 cm³/mol. The number of aryl methyl sites for hydroxylation is 1. The number of para-hydroxylation sites is 2. The van der Waals surface area contributed by atoms with Crippen LogP contribution in [0.15, 0.2) is 73.1 Å². The molecule has 2 aromatic carbocycles. The van der Waals surface area contributed by atoms with Crippen molar-refractivity contribution in [1.29, 1.82) is 0 Å². The van der Waals surface area contributed by atoms with Gasteiger partial charge in [-0.25, -0.2) is 0 Å². The van der Waals surface area contributed by atoms with E-state index in [1.54, 1.807) is 17.3 Å². The van der Waals surface area contributed by atoms with Crippen molar-refractivity contribution in [3.63, 3.8) is 0 Å². The second-order valence-electron chi connectivity index (χ2n) is 7.09. The predicted octanol–water partition coefficient (Wildman–Crippen LogP) is 4.01. The molecule has 0 radical (unpaired) electrons. The Labute approximate surface area is 170 Å². The highest BCUT2D eigenvalue weighted by molar-refractivity contribution is 5.82. The molecule has 3 aromatic rings. The number of hydrogen-bond donors (Lipinski definition) is 0. The van der Waals surface area contributed by atoms with Crippen molar-refractivity contribution in [3.8, 4) is 11.5 Å². The Morgan fingerprint density at radius 1 is 0.966 bits per heavy atom. The van der Waals surface area contributed by atoms with Crippen molar-refractivity contribution in [3.05, 3.63) is 89.7 Å². The highest BCUT2D eigenvalue weighted by Gasteiger charge is 2.31. The summed E-state index contributed by atoms with van der Waals surface area (Å²) in [5.41, 5.74) is 3.33. The van der Waals surface area contributed by atoms with Crippen molar-refractivity contribution >= 4 is 5.91 Å². The van der Waals surface area contributed by atoms with E-state index in [9.17, 15) is 4.79 Å². The molecule has 4 rings (SSSR count). The quantitative estimate of drug-likeness (QED) is 0.640. The minimum atomic E-state index is -0.670. The molecule has 1 aliphatic rings. The number of hydrogen-bond acceptors (Lipinski definition) is 4. The molecular weight excluding hydrogens is 364 g/mol. The van der Waals surface area contributed by atoms with E-state index < -0.39 is 6.10 Å². The standard InChI is InChI=1S/C24H24N2O3/c1-2-18-9-11-19(12-10-18)15-26(16-20-6-5-13-25-14-20)24(27)23-17-28-21-7-3-4-8-22(21)29-23/h3-14,23H,2,15-17H2,1H3. The Kier molecular flexibility index (Phi) is 5.75. The van der Waals surface area contributed by atoms with Crippen LogP contribution in [-0.4, -0.2) is 28.5 Å². The largest absolute Gasteiger partial charge is 0.485 e. The fourth-order valence-corrected chi connectivity index (χ4v) is 3.37. The minimum Gasteiger partial charge on any atom is -0.485 e. The fraction of sp³-hybridized carbons (Fsp3) is 0.250. The molecule has 29 heavy (non-hydrogen) atoms. The number of nitrogens with zero attached hydrogens (tertiary/aromatic N) is 2. The van der Waals surface area contributed by atoms with Gasteiger partial charge in [0, 0.05) is 25.5 Å². The number of ether oxygens (including phenoxy) is 2. The number of aromatic nitrogens is 1. The van der Waals surface area contributed by atoms with Gasteiger partial charge in [0.25, 0.3) is 5.91 Å². The summed E-state index contributed by atoms with van der Waals surface area (Å²) >= 11 is 0. The monoisotopic (exact) mass is 388 g/mol. The molecular formula is C24H24N2O3. The Balaban J connectivity index is 1.54. The maximum atomic E-state index is 13.3. The average molecular weight is 388 g/mol. The van der Waals surface area contributed by atoms with Gasteiger partial charge in [-0.3, -0.25) is 9.78 Å². The van der Waals surface area contributed by atoms with Crippen LogP contribution >= 0.6 is 0 Å². The first-order chi connectivity index (χ1) is 14.2. The third-order valence-corrected chi connectivity index (χ3v) is 5.00. The Bertz CT molecular complexity index is 957. The maximum absolute atomic E-state index is 13.3. The molecule has 1 amide bonds. The van der Waals surface area contributed by atoms with Crippen molar-refractivity contribution in [2.75, 3.05) is 6.61 Å². The summed E-state index contributed by atoms with van der Waals surface area (Å²) in [5, 5.41) is 0. The SMILES string of the molecule is CCc1ccc(CN(Cc2cccnc2)C(=O)C2COc3ccccc3O2)cc1. The lowest BCUT2D eigenvalue weighted by molar-refractivity contribution is -0.142. The highest BCUT2D eigenvalue weighted by atomic mass is 16.6. The number of pyridine rings is 1. The van der Waals surface area contributed by atoms with Gasteiger partial charge in [-0.1, -0.05) is 49.4 Å². The van der Waals surface area contributed by atoms with E-state index >= 15 is 0 Å². The zero-order valence-electron chi connectivity index (χ0n) is 16.5. The third-order valence-electron chi connectivity index (χ3n) is 5.00. The molecule has 148 valence electrons. The van der Waals surface area contributed by atoms with Crippen LogP contribution in [0.4, 0.5) is 0 Å². The minimum absolute atomic E-state index is 0.0945. The van der Waals surface area contributed by atoms with Gasteiger partial charge in [-0.2, -0.15) is 0 Å². The summed E-state index contributed by atoms with van der Waals surface area (Å²) in [6, 6.07) is 19.7. The molecule has 5 heteroatoms. The van der Waals surface area contributed by atoms with E-state index in [0.717, 1.165) is 17.5 Å². The molecule has 0 fully saturated rings. The molecule has 0 saturated carbocycles. The highest BCUT2D eigenvalue weighted by Crippen LogP contribution is 2.31. The molecule has 1 atom stereocenters. The second-order valence-corrected chi connectivity index (χ2v) is 7.09. The van der Waals surface area contributed by atoms with Gasteiger partial charge in [0.2, 0.25) is 6.10 Å².